The van der Waals surface area contributed by atoms with Gasteiger partial charge < -0.3 is 20.1 Å². The lowest BCUT2D eigenvalue weighted by molar-refractivity contribution is -0.143. The minimum absolute atomic E-state index is 0.143. The summed E-state index contributed by atoms with van der Waals surface area (Å²) < 4.78 is 5.30. The van der Waals surface area contributed by atoms with Crippen molar-refractivity contribution in [2.75, 3.05) is 26.3 Å². The Morgan fingerprint density at radius 2 is 2.05 bits per heavy atom. The lowest BCUT2D eigenvalue weighted by atomic mass is 9.92. The number of hydrogen-bond donors (Lipinski definition) is 2. The number of likely N-dealkylation sites (tertiary alicyclic amines) is 1. The number of nitrogens with one attached hydrogen (secondary N) is 1. The molecule has 1 atom stereocenters. The number of rotatable bonds is 2. The molecule has 2 N–H and O–H groups in total. The number of amides is 2. The van der Waals surface area contributed by atoms with Gasteiger partial charge in [0, 0.05) is 31.8 Å². The van der Waals surface area contributed by atoms with Crippen molar-refractivity contribution < 1.29 is 19.4 Å². The number of nitrogens with zero attached hydrogens (tertiary/aromatic N) is 1. The van der Waals surface area contributed by atoms with Crippen LogP contribution in [0, 0.1) is 5.92 Å². The summed E-state index contributed by atoms with van der Waals surface area (Å²) in [5.41, 5.74) is -0.231. The number of carboxylic acids is 1. The molecule has 2 heterocycles. The Kier molecular flexibility index (Phi) is 4.29. The molecular weight excluding hydrogens is 248 g/mol. The summed E-state index contributed by atoms with van der Waals surface area (Å²) in [4.78, 5) is 24.8. The maximum absolute atomic E-state index is 12.2. The number of carbonyl (C=O) groups excluding carboxylic acids is 1. The minimum Gasteiger partial charge on any atom is -0.481 e. The van der Waals surface area contributed by atoms with E-state index in [-0.39, 0.29) is 11.6 Å². The van der Waals surface area contributed by atoms with Gasteiger partial charge in [0.25, 0.3) is 0 Å². The molecule has 1 unspecified atom stereocenters. The van der Waals surface area contributed by atoms with Gasteiger partial charge in [-0.05, 0) is 32.6 Å². The molecule has 2 saturated heterocycles. The molecule has 0 saturated carbocycles. The van der Waals surface area contributed by atoms with Gasteiger partial charge in [0.2, 0.25) is 0 Å². The summed E-state index contributed by atoms with van der Waals surface area (Å²) in [5, 5.41) is 12.1. The van der Waals surface area contributed by atoms with E-state index in [4.69, 9.17) is 9.84 Å². The van der Waals surface area contributed by atoms with Crippen LogP contribution in [0.5, 0.6) is 0 Å². The average molecular weight is 270 g/mol. The fourth-order valence-corrected chi connectivity index (χ4v) is 2.65. The highest BCUT2D eigenvalue weighted by molar-refractivity contribution is 5.77. The Bertz CT molecular complexity index is 353. The zero-order valence-corrected chi connectivity index (χ0v) is 11.4. The third-order valence-electron chi connectivity index (χ3n) is 4.06. The van der Waals surface area contributed by atoms with Crippen LogP contribution >= 0.6 is 0 Å². The van der Waals surface area contributed by atoms with E-state index in [1.165, 1.54) is 0 Å². The van der Waals surface area contributed by atoms with E-state index in [1.54, 1.807) is 4.90 Å². The van der Waals surface area contributed by atoms with Crippen molar-refractivity contribution in [1.29, 1.82) is 0 Å². The van der Waals surface area contributed by atoms with Crippen molar-refractivity contribution in [2.24, 2.45) is 5.92 Å². The van der Waals surface area contributed by atoms with Gasteiger partial charge in [0.1, 0.15) is 0 Å². The molecule has 0 radical (unpaired) electrons. The van der Waals surface area contributed by atoms with E-state index in [0.717, 1.165) is 19.3 Å². The molecule has 108 valence electrons. The average Bonchev–Trinajstić information content (AvgIpc) is 2.39. The highest BCUT2D eigenvalue weighted by Crippen LogP contribution is 2.22. The Morgan fingerprint density at radius 3 is 2.68 bits per heavy atom. The summed E-state index contributed by atoms with van der Waals surface area (Å²) in [5.74, 6) is -1.24. The van der Waals surface area contributed by atoms with Gasteiger partial charge in [0.05, 0.1) is 5.92 Å². The van der Waals surface area contributed by atoms with Crippen LogP contribution in [0.3, 0.4) is 0 Å². The van der Waals surface area contributed by atoms with E-state index < -0.39 is 11.9 Å². The van der Waals surface area contributed by atoms with Gasteiger partial charge >= 0.3 is 12.0 Å². The number of urea groups is 1. The van der Waals surface area contributed by atoms with Crippen molar-refractivity contribution >= 4 is 12.0 Å². The molecule has 0 aromatic rings. The second-order valence-corrected chi connectivity index (χ2v) is 5.73. The molecule has 0 aromatic heterocycles. The third-order valence-corrected chi connectivity index (χ3v) is 4.06. The molecule has 2 amide bonds. The van der Waals surface area contributed by atoms with Crippen LogP contribution in [0.2, 0.25) is 0 Å². The Balaban J connectivity index is 1.90. The van der Waals surface area contributed by atoms with Crippen LogP contribution in [0.15, 0.2) is 0 Å². The first-order valence-corrected chi connectivity index (χ1v) is 6.88. The van der Waals surface area contributed by atoms with Gasteiger partial charge in [-0.1, -0.05) is 0 Å². The molecule has 0 aromatic carbocycles. The van der Waals surface area contributed by atoms with Crippen LogP contribution in [-0.4, -0.2) is 53.8 Å². The van der Waals surface area contributed by atoms with E-state index in [1.807, 2.05) is 6.92 Å². The topological polar surface area (TPSA) is 78.9 Å². The van der Waals surface area contributed by atoms with E-state index in [9.17, 15) is 9.59 Å². The van der Waals surface area contributed by atoms with Gasteiger partial charge in [-0.15, -0.1) is 0 Å². The summed E-state index contributed by atoms with van der Waals surface area (Å²) in [6, 6.07) is -0.143. The van der Waals surface area contributed by atoms with Crippen molar-refractivity contribution in [3.8, 4) is 0 Å². The largest absolute Gasteiger partial charge is 0.481 e. The summed E-state index contributed by atoms with van der Waals surface area (Å²) >= 11 is 0. The fraction of sp³-hybridized carbons (Fsp3) is 0.846. The zero-order chi connectivity index (χ0) is 13.9. The van der Waals surface area contributed by atoms with Crippen LogP contribution < -0.4 is 5.32 Å². The highest BCUT2D eigenvalue weighted by atomic mass is 16.5. The molecule has 2 fully saturated rings. The Morgan fingerprint density at radius 1 is 1.37 bits per heavy atom. The molecule has 6 nitrogen and oxygen atoms in total. The van der Waals surface area contributed by atoms with E-state index >= 15 is 0 Å². The second kappa shape index (κ2) is 5.77. The van der Waals surface area contributed by atoms with E-state index in [0.29, 0.717) is 32.7 Å². The van der Waals surface area contributed by atoms with Gasteiger partial charge in [-0.3, -0.25) is 4.79 Å². The lowest BCUT2D eigenvalue weighted by Gasteiger charge is -2.38. The molecule has 0 aliphatic carbocycles. The molecule has 2 aliphatic heterocycles. The molecule has 2 rings (SSSR count). The van der Waals surface area contributed by atoms with Gasteiger partial charge in [-0.2, -0.15) is 0 Å². The maximum Gasteiger partial charge on any atom is 0.317 e. The summed E-state index contributed by atoms with van der Waals surface area (Å²) in [6.07, 6.45) is 3.01. The number of carboxylic acid groups (broad SMARTS) is 1. The van der Waals surface area contributed by atoms with Crippen LogP contribution in [-0.2, 0) is 9.53 Å². The first-order valence-electron chi connectivity index (χ1n) is 6.88. The minimum atomic E-state index is -0.810. The monoisotopic (exact) mass is 270 g/mol. The molecule has 19 heavy (non-hydrogen) atoms. The van der Waals surface area contributed by atoms with Crippen molar-refractivity contribution in [3.05, 3.63) is 0 Å². The van der Waals surface area contributed by atoms with Crippen LogP contribution in [0.1, 0.15) is 32.6 Å². The number of piperidine rings is 1. The van der Waals surface area contributed by atoms with Gasteiger partial charge in [-0.25, -0.2) is 4.79 Å². The standard InChI is InChI=1S/C13H22N2O4/c1-13(4-7-19-8-5-13)14-12(18)15-6-2-3-10(9-15)11(16)17/h10H,2-9H2,1H3,(H,14,18)(H,16,17). The lowest BCUT2D eigenvalue weighted by Crippen LogP contribution is -2.56. The second-order valence-electron chi connectivity index (χ2n) is 5.73. The number of hydrogen-bond acceptors (Lipinski definition) is 3. The molecule has 0 spiro atoms. The molecule has 6 heteroatoms. The predicted molar refractivity (Wildman–Crippen MR) is 68.9 cm³/mol. The Labute approximate surface area is 113 Å². The third kappa shape index (κ3) is 3.59. The van der Waals surface area contributed by atoms with E-state index in [2.05, 4.69) is 5.32 Å². The molecule has 0 bridgehead atoms. The normalized spacial score (nSPS) is 26.8. The number of ether oxygens (including phenoxy) is 1. The van der Waals surface area contributed by atoms with Crippen LogP contribution in [0.25, 0.3) is 0 Å². The van der Waals surface area contributed by atoms with Crippen LogP contribution in [0.4, 0.5) is 4.79 Å². The summed E-state index contributed by atoms with van der Waals surface area (Å²) in [6.45, 7) is 4.30. The zero-order valence-electron chi connectivity index (χ0n) is 11.4. The quantitative estimate of drug-likeness (QED) is 0.786. The first-order chi connectivity index (χ1) is 9.00. The SMILES string of the molecule is CC1(NC(=O)N2CCCC(C(=O)O)C2)CCOCC1. The Hall–Kier alpha value is -1.30. The van der Waals surface area contributed by atoms with Crippen molar-refractivity contribution in [1.82, 2.24) is 10.2 Å². The van der Waals surface area contributed by atoms with Crippen molar-refractivity contribution in [2.45, 2.75) is 38.1 Å². The number of aliphatic carboxylic acids is 1. The number of carbonyl (C=O) groups is 2. The van der Waals surface area contributed by atoms with Crippen molar-refractivity contribution in [3.63, 3.8) is 0 Å². The fourth-order valence-electron chi connectivity index (χ4n) is 2.65. The maximum atomic E-state index is 12.2. The first kappa shape index (κ1) is 14.1. The molecule has 2 aliphatic rings. The smallest absolute Gasteiger partial charge is 0.317 e. The predicted octanol–water partition coefficient (Wildman–Crippen LogP) is 1.06. The summed E-state index contributed by atoms with van der Waals surface area (Å²) in [7, 11) is 0. The van der Waals surface area contributed by atoms with Gasteiger partial charge in [0.15, 0.2) is 0 Å². The molecular formula is C13H22N2O4. The highest BCUT2D eigenvalue weighted by Gasteiger charge is 2.33.